The van der Waals surface area contributed by atoms with Crippen LogP contribution in [0.15, 0.2) is 54.6 Å². The van der Waals surface area contributed by atoms with Crippen molar-refractivity contribution < 1.29 is 19.2 Å². The molecule has 1 aliphatic rings. The van der Waals surface area contributed by atoms with Gasteiger partial charge < -0.3 is 14.4 Å². The number of hydrogen-bond acceptors (Lipinski definition) is 6. The number of morpholine rings is 1. The topological polar surface area (TPSA) is 81.9 Å². The summed E-state index contributed by atoms with van der Waals surface area (Å²) in [6, 6.07) is 14.8. The number of nitrogens with zero attached hydrogens (tertiary/aromatic N) is 2. The normalized spacial score (nSPS) is 19.6. The van der Waals surface area contributed by atoms with Crippen molar-refractivity contribution in [1.29, 1.82) is 0 Å². The quantitative estimate of drug-likeness (QED) is 0.339. The minimum absolute atomic E-state index is 0.00655. The fourth-order valence-electron chi connectivity index (χ4n) is 3.29. The third kappa shape index (κ3) is 4.55. The Morgan fingerprint density at radius 1 is 1.25 bits per heavy atom. The molecule has 0 bridgehead atoms. The lowest BCUT2D eigenvalue weighted by Gasteiger charge is -2.38. The molecule has 0 amide bonds. The van der Waals surface area contributed by atoms with Crippen molar-refractivity contribution in [2.45, 2.75) is 19.1 Å². The van der Waals surface area contributed by atoms with Crippen LogP contribution in [0.1, 0.15) is 24.2 Å². The van der Waals surface area contributed by atoms with Crippen molar-refractivity contribution >= 4 is 23.4 Å². The number of carbonyl (C=O) groups is 1. The second-order valence-corrected chi connectivity index (χ2v) is 6.61. The highest BCUT2D eigenvalue weighted by atomic mass is 16.6. The molecule has 7 nitrogen and oxygen atoms in total. The fourth-order valence-corrected chi connectivity index (χ4v) is 3.29. The molecule has 1 fully saturated rings. The average Bonchev–Trinajstić information content (AvgIpc) is 2.71. The number of esters is 1. The number of nitro groups is 1. The number of methoxy groups -OCH3 is 1. The van der Waals surface area contributed by atoms with Crippen LogP contribution >= 0.6 is 0 Å². The Morgan fingerprint density at radius 2 is 2.00 bits per heavy atom. The molecular weight excluding hydrogens is 360 g/mol. The van der Waals surface area contributed by atoms with E-state index in [2.05, 4.69) is 4.74 Å². The summed E-state index contributed by atoms with van der Waals surface area (Å²) in [6.07, 6.45) is 2.50. The van der Waals surface area contributed by atoms with Crippen LogP contribution < -0.4 is 4.90 Å². The summed E-state index contributed by atoms with van der Waals surface area (Å²) in [6.45, 7) is 3.04. The number of anilines is 1. The van der Waals surface area contributed by atoms with Gasteiger partial charge in [0.1, 0.15) is 11.8 Å². The number of rotatable bonds is 5. The van der Waals surface area contributed by atoms with Gasteiger partial charge in [0.2, 0.25) is 0 Å². The molecule has 1 heterocycles. The second-order valence-electron chi connectivity index (χ2n) is 6.61. The fraction of sp³-hybridized carbons (Fsp3) is 0.286. The second kappa shape index (κ2) is 8.67. The van der Waals surface area contributed by atoms with E-state index in [1.165, 1.54) is 25.3 Å². The summed E-state index contributed by atoms with van der Waals surface area (Å²) in [7, 11) is 1.28. The Bertz CT molecular complexity index is 882. The van der Waals surface area contributed by atoms with E-state index in [4.69, 9.17) is 4.74 Å². The lowest BCUT2D eigenvalue weighted by atomic mass is 10.0. The zero-order valence-electron chi connectivity index (χ0n) is 15.8. The Balaban J connectivity index is 1.89. The Labute approximate surface area is 163 Å². The summed E-state index contributed by atoms with van der Waals surface area (Å²) in [5.41, 5.74) is 2.13. The Morgan fingerprint density at radius 3 is 2.68 bits per heavy atom. The van der Waals surface area contributed by atoms with Gasteiger partial charge in [-0.2, -0.15) is 0 Å². The van der Waals surface area contributed by atoms with E-state index < -0.39 is 10.9 Å². The molecule has 146 valence electrons. The predicted octanol–water partition coefficient (Wildman–Crippen LogP) is 3.75. The first kappa shape index (κ1) is 19.6. The maximum absolute atomic E-state index is 11.7. The van der Waals surface area contributed by atoms with Gasteiger partial charge in [0.15, 0.2) is 0 Å². The van der Waals surface area contributed by atoms with Crippen molar-refractivity contribution in [2.75, 3.05) is 25.1 Å². The number of carbonyl (C=O) groups excluding carboxylic acids is 1. The molecule has 3 rings (SSSR count). The summed E-state index contributed by atoms with van der Waals surface area (Å²) in [4.78, 5) is 24.5. The van der Waals surface area contributed by atoms with Gasteiger partial charge in [-0.1, -0.05) is 36.4 Å². The molecule has 0 N–H and O–H groups in total. The number of hydrogen-bond donors (Lipinski definition) is 0. The first-order valence-electron chi connectivity index (χ1n) is 8.97. The molecule has 1 aliphatic heterocycles. The largest absolute Gasteiger partial charge is 0.466 e. The third-order valence-electron chi connectivity index (χ3n) is 4.58. The monoisotopic (exact) mass is 382 g/mol. The highest BCUT2D eigenvalue weighted by Gasteiger charge is 2.30. The molecule has 0 spiro atoms. The van der Waals surface area contributed by atoms with E-state index in [1.807, 2.05) is 42.2 Å². The summed E-state index contributed by atoms with van der Waals surface area (Å²) in [5, 5.41) is 11.7. The van der Waals surface area contributed by atoms with E-state index >= 15 is 0 Å². The van der Waals surface area contributed by atoms with Crippen molar-refractivity contribution in [3.63, 3.8) is 0 Å². The van der Waals surface area contributed by atoms with Gasteiger partial charge in [-0.25, -0.2) is 4.79 Å². The van der Waals surface area contributed by atoms with Crippen molar-refractivity contribution in [3.8, 4) is 0 Å². The number of nitro benzene ring substituents is 1. The van der Waals surface area contributed by atoms with Gasteiger partial charge in [0, 0.05) is 25.2 Å². The first-order valence-corrected chi connectivity index (χ1v) is 8.97. The average molecular weight is 382 g/mol. The maximum Gasteiger partial charge on any atom is 0.330 e. The zero-order valence-corrected chi connectivity index (χ0v) is 15.8. The van der Waals surface area contributed by atoms with E-state index in [9.17, 15) is 14.9 Å². The van der Waals surface area contributed by atoms with Gasteiger partial charge in [0.25, 0.3) is 5.69 Å². The molecule has 0 aromatic heterocycles. The molecule has 2 atom stereocenters. The molecule has 2 unspecified atom stereocenters. The number of benzene rings is 2. The van der Waals surface area contributed by atoms with Crippen LogP contribution in [0, 0.1) is 10.1 Å². The minimum Gasteiger partial charge on any atom is -0.466 e. The van der Waals surface area contributed by atoms with E-state index in [1.54, 1.807) is 12.1 Å². The molecule has 28 heavy (non-hydrogen) atoms. The van der Waals surface area contributed by atoms with Crippen molar-refractivity contribution in [3.05, 3.63) is 75.8 Å². The lowest BCUT2D eigenvalue weighted by Crippen LogP contribution is -2.43. The zero-order chi connectivity index (χ0) is 20.1. The highest BCUT2D eigenvalue weighted by Crippen LogP contribution is 2.34. The summed E-state index contributed by atoms with van der Waals surface area (Å²) < 4.78 is 10.6. The standard InChI is InChI=1S/C21H22N2O5/c1-15-13-22(14-20(28-15)17-6-4-3-5-7-17)18-10-8-16(9-11-21(24)27-2)12-19(18)23(25)26/h3-12,15,20H,13-14H2,1-2H3/b11-9+. The Kier molecular flexibility index (Phi) is 6.06. The van der Waals surface area contributed by atoms with Crippen LogP contribution in [-0.2, 0) is 14.3 Å². The third-order valence-corrected chi connectivity index (χ3v) is 4.58. The predicted molar refractivity (Wildman–Crippen MR) is 106 cm³/mol. The van der Waals surface area contributed by atoms with E-state index in [0.29, 0.717) is 24.3 Å². The molecule has 7 heteroatoms. The van der Waals surface area contributed by atoms with E-state index in [-0.39, 0.29) is 17.9 Å². The minimum atomic E-state index is -0.514. The van der Waals surface area contributed by atoms with Crippen LogP contribution in [-0.4, -0.2) is 37.2 Å². The van der Waals surface area contributed by atoms with Crippen molar-refractivity contribution in [1.82, 2.24) is 0 Å². The smallest absolute Gasteiger partial charge is 0.330 e. The molecule has 2 aromatic carbocycles. The van der Waals surface area contributed by atoms with Gasteiger partial charge in [-0.05, 0) is 30.2 Å². The van der Waals surface area contributed by atoms with E-state index in [0.717, 1.165) is 5.56 Å². The molecule has 2 aromatic rings. The van der Waals surface area contributed by atoms with Crippen LogP contribution in [0.5, 0.6) is 0 Å². The maximum atomic E-state index is 11.7. The van der Waals surface area contributed by atoms with Crippen LogP contribution in [0.3, 0.4) is 0 Å². The first-order chi connectivity index (χ1) is 13.5. The summed E-state index contributed by atoms with van der Waals surface area (Å²) >= 11 is 0. The van der Waals surface area contributed by atoms with Crippen LogP contribution in [0.4, 0.5) is 11.4 Å². The molecule has 0 aliphatic carbocycles. The number of ether oxygens (including phenoxy) is 2. The molecular formula is C21H22N2O5. The van der Waals surface area contributed by atoms with Gasteiger partial charge in [-0.3, -0.25) is 10.1 Å². The van der Waals surface area contributed by atoms with Gasteiger partial charge in [-0.15, -0.1) is 0 Å². The summed E-state index contributed by atoms with van der Waals surface area (Å²) in [5.74, 6) is -0.514. The highest BCUT2D eigenvalue weighted by molar-refractivity contribution is 5.87. The van der Waals surface area contributed by atoms with Crippen LogP contribution in [0.2, 0.25) is 0 Å². The van der Waals surface area contributed by atoms with Gasteiger partial charge >= 0.3 is 5.97 Å². The molecule has 0 radical (unpaired) electrons. The van der Waals surface area contributed by atoms with Crippen LogP contribution in [0.25, 0.3) is 6.08 Å². The Hall–Kier alpha value is -3.19. The lowest BCUT2D eigenvalue weighted by molar-refractivity contribution is -0.384. The molecule has 0 saturated carbocycles. The van der Waals surface area contributed by atoms with Crippen molar-refractivity contribution in [2.24, 2.45) is 0 Å². The molecule has 1 saturated heterocycles. The van der Waals surface area contributed by atoms with Gasteiger partial charge in [0.05, 0.1) is 18.1 Å². The SMILES string of the molecule is COC(=O)/C=C/c1ccc(N2CC(C)OC(c3ccccc3)C2)c([N+](=O)[O-])c1.